The Labute approximate surface area is 201 Å². The Kier molecular flexibility index (Phi) is 7.25. The molecule has 2 aromatic rings. The number of ketones is 1. The molecule has 0 bridgehead atoms. The van der Waals surface area contributed by atoms with Gasteiger partial charge in [0.1, 0.15) is 17.3 Å². The Morgan fingerprint density at radius 1 is 1.18 bits per heavy atom. The quantitative estimate of drug-likeness (QED) is 0.245. The molecule has 0 aromatic heterocycles. The van der Waals surface area contributed by atoms with Gasteiger partial charge in [0.2, 0.25) is 0 Å². The molecule has 4 rings (SSSR count). The van der Waals surface area contributed by atoms with E-state index >= 15 is 0 Å². The summed E-state index contributed by atoms with van der Waals surface area (Å²) in [6.07, 6.45) is 4.49. The van der Waals surface area contributed by atoms with Crippen molar-refractivity contribution in [1.29, 1.82) is 0 Å². The van der Waals surface area contributed by atoms with Crippen molar-refractivity contribution in [2.45, 2.75) is 65.0 Å². The number of rotatable bonds is 8. The third-order valence-corrected chi connectivity index (χ3v) is 6.27. The molecule has 1 saturated heterocycles. The molecule has 0 radical (unpaired) electrons. The van der Waals surface area contributed by atoms with Crippen LogP contribution in [0.15, 0.2) is 48.0 Å². The fraction of sp³-hybridized carbons (Fsp3) is 0.429. The van der Waals surface area contributed by atoms with Crippen molar-refractivity contribution in [3.8, 4) is 11.5 Å². The van der Waals surface area contributed by atoms with Crippen molar-refractivity contribution in [2.75, 3.05) is 13.2 Å². The number of hydrogen-bond donors (Lipinski definition) is 1. The van der Waals surface area contributed by atoms with E-state index in [2.05, 4.69) is 6.92 Å². The van der Waals surface area contributed by atoms with Crippen LogP contribution >= 0.6 is 0 Å². The van der Waals surface area contributed by atoms with Crippen LogP contribution in [0.4, 0.5) is 0 Å². The fourth-order valence-electron chi connectivity index (χ4n) is 4.68. The zero-order chi connectivity index (χ0) is 24.2. The number of carbonyl (C=O) groups is 2. The fourth-order valence-corrected chi connectivity index (χ4v) is 4.68. The first-order valence-electron chi connectivity index (χ1n) is 12.2. The zero-order valence-corrected chi connectivity index (χ0v) is 20.2. The standard InChI is InChI=1S/C28H33NO5/c1-4-5-6-14-29-25(20-9-7-11-22(17-20)34-18(2)3)24(27(31)28(29)32)26(30)21-12-13-23-19(16-21)10-8-15-33-23/h7,9,11-13,16-18,25,30H,4-6,8,10,14-15H2,1-3H3/b26-24-. The number of amides is 1. The van der Waals surface area contributed by atoms with Crippen LogP contribution < -0.4 is 9.47 Å². The van der Waals surface area contributed by atoms with Crippen LogP contribution in [0.5, 0.6) is 11.5 Å². The normalized spacial score (nSPS) is 19.3. The first-order valence-corrected chi connectivity index (χ1v) is 12.2. The third-order valence-electron chi connectivity index (χ3n) is 6.27. The predicted molar refractivity (Wildman–Crippen MR) is 131 cm³/mol. The molecule has 6 nitrogen and oxygen atoms in total. The average molecular weight is 464 g/mol. The zero-order valence-electron chi connectivity index (χ0n) is 20.2. The first-order chi connectivity index (χ1) is 16.4. The first kappa shape index (κ1) is 23.9. The molecule has 1 amide bonds. The molecule has 1 N–H and O–H groups in total. The van der Waals surface area contributed by atoms with E-state index in [1.807, 2.05) is 50.2 Å². The molecular weight excluding hydrogens is 430 g/mol. The lowest BCUT2D eigenvalue weighted by Gasteiger charge is -2.26. The molecule has 1 fully saturated rings. The molecule has 0 spiro atoms. The molecule has 1 unspecified atom stereocenters. The summed E-state index contributed by atoms with van der Waals surface area (Å²) < 4.78 is 11.6. The summed E-state index contributed by atoms with van der Waals surface area (Å²) in [5.41, 5.74) is 2.39. The van der Waals surface area contributed by atoms with Crippen LogP contribution in [-0.4, -0.2) is 41.0 Å². The number of aliphatic hydroxyl groups excluding tert-OH is 1. The van der Waals surface area contributed by atoms with Crippen molar-refractivity contribution in [3.05, 3.63) is 64.7 Å². The van der Waals surface area contributed by atoms with Crippen LogP contribution in [0, 0.1) is 0 Å². The van der Waals surface area contributed by atoms with Crippen molar-refractivity contribution in [2.24, 2.45) is 0 Å². The van der Waals surface area contributed by atoms with Crippen LogP contribution in [0.3, 0.4) is 0 Å². The molecule has 2 heterocycles. The number of Topliss-reactive ketones (excluding diaryl/α,β-unsaturated/α-hetero) is 1. The maximum atomic E-state index is 13.2. The molecule has 180 valence electrons. The molecule has 6 heteroatoms. The number of carbonyl (C=O) groups excluding carboxylic acids is 2. The van der Waals surface area contributed by atoms with Gasteiger partial charge in [-0.15, -0.1) is 0 Å². The van der Waals surface area contributed by atoms with Crippen LogP contribution in [0.1, 0.15) is 69.2 Å². The van der Waals surface area contributed by atoms with Crippen LogP contribution in [0.25, 0.3) is 5.76 Å². The number of aryl methyl sites for hydroxylation is 1. The molecule has 0 aliphatic carbocycles. The summed E-state index contributed by atoms with van der Waals surface area (Å²) in [5, 5.41) is 11.4. The lowest BCUT2D eigenvalue weighted by atomic mass is 9.93. The predicted octanol–water partition coefficient (Wildman–Crippen LogP) is 5.41. The summed E-state index contributed by atoms with van der Waals surface area (Å²) >= 11 is 0. The second kappa shape index (κ2) is 10.3. The van der Waals surface area contributed by atoms with E-state index in [-0.39, 0.29) is 17.4 Å². The minimum atomic E-state index is -0.667. The highest BCUT2D eigenvalue weighted by atomic mass is 16.5. The molecule has 1 atom stereocenters. The maximum absolute atomic E-state index is 13.2. The Morgan fingerprint density at radius 2 is 2.00 bits per heavy atom. The van der Waals surface area contributed by atoms with Crippen LogP contribution in [-0.2, 0) is 16.0 Å². The Hall–Kier alpha value is -3.28. The van der Waals surface area contributed by atoms with Gasteiger partial charge in [0.05, 0.1) is 24.3 Å². The Morgan fingerprint density at radius 3 is 2.76 bits per heavy atom. The molecule has 0 saturated carbocycles. The number of fused-ring (bicyclic) bond motifs is 1. The second-order valence-electron chi connectivity index (χ2n) is 9.21. The molecule has 2 aliphatic heterocycles. The van der Waals surface area contributed by atoms with E-state index in [1.54, 1.807) is 11.0 Å². The largest absolute Gasteiger partial charge is 0.507 e. The van der Waals surface area contributed by atoms with Crippen LogP contribution in [0.2, 0.25) is 0 Å². The number of ether oxygens (including phenoxy) is 2. The number of aliphatic hydroxyl groups is 1. The van der Waals surface area contributed by atoms with E-state index in [4.69, 9.17) is 9.47 Å². The molecular formula is C28H33NO5. The molecule has 34 heavy (non-hydrogen) atoms. The van der Waals surface area contributed by atoms with Crippen molar-refractivity contribution < 1.29 is 24.2 Å². The number of benzene rings is 2. The van der Waals surface area contributed by atoms with Gasteiger partial charge in [0.25, 0.3) is 11.7 Å². The van der Waals surface area contributed by atoms with E-state index in [9.17, 15) is 14.7 Å². The summed E-state index contributed by atoms with van der Waals surface area (Å²) in [7, 11) is 0. The Bertz CT molecular complexity index is 1100. The topological polar surface area (TPSA) is 76.1 Å². The summed E-state index contributed by atoms with van der Waals surface area (Å²) in [5.74, 6) is 0.0997. The van der Waals surface area contributed by atoms with E-state index in [1.165, 1.54) is 0 Å². The van der Waals surface area contributed by atoms with Crippen molar-refractivity contribution in [3.63, 3.8) is 0 Å². The van der Waals surface area contributed by atoms with Gasteiger partial charge in [0, 0.05) is 12.1 Å². The van der Waals surface area contributed by atoms with Gasteiger partial charge in [-0.3, -0.25) is 9.59 Å². The van der Waals surface area contributed by atoms with Gasteiger partial charge in [0.15, 0.2) is 0 Å². The maximum Gasteiger partial charge on any atom is 0.295 e. The van der Waals surface area contributed by atoms with E-state index in [0.717, 1.165) is 49.0 Å². The number of nitrogens with zero attached hydrogens (tertiary/aromatic N) is 1. The second-order valence-corrected chi connectivity index (χ2v) is 9.21. The molecule has 2 aliphatic rings. The number of unbranched alkanes of at least 4 members (excludes halogenated alkanes) is 2. The van der Waals surface area contributed by atoms with Gasteiger partial charge < -0.3 is 19.5 Å². The highest BCUT2D eigenvalue weighted by Gasteiger charge is 2.46. The minimum absolute atomic E-state index is 0.0103. The van der Waals surface area contributed by atoms with Gasteiger partial charge in [-0.25, -0.2) is 0 Å². The summed E-state index contributed by atoms with van der Waals surface area (Å²) in [6.45, 7) is 7.12. The monoisotopic (exact) mass is 463 g/mol. The third kappa shape index (κ3) is 4.81. The van der Waals surface area contributed by atoms with Gasteiger partial charge in [-0.05, 0) is 74.6 Å². The number of hydrogen-bond acceptors (Lipinski definition) is 5. The summed E-state index contributed by atoms with van der Waals surface area (Å²) in [4.78, 5) is 27.9. The van der Waals surface area contributed by atoms with Crippen molar-refractivity contribution >= 4 is 17.4 Å². The van der Waals surface area contributed by atoms with Crippen molar-refractivity contribution in [1.82, 2.24) is 4.90 Å². The SMILES string of the molecule is CCCCCN1C(=O)C(=O)/C(=C(\O)c2ccc3c(c2)CCCO3)C1c1cccc(OC(C)C)c1. The smallest absolute Gasteiger partial charge is 0.295 e. The highest BCUT2D eigenvalue weighted by Crippen LogP contribution is 2.41. The van der Waals surface area contributed by atoms with E-state index in [0.29, 0.717) is 24.5 Å². The highest BCUT2D eigenvalue weighted by molar-refractivity contribution is 6.46. The minimum Gasteiger partial charge on any atom is -0.507 e. The van der Waals surface area contributed by atoms with Gasteiger partial charge in [-0.1, -0.05) is 31.9 Å². The van der Waals surface area contributed by atoms with E-state index < -0.39 is 17.7 Å². The lowest BCUT2D eigenvalue weighted by molar-refractivity contribution is -0.139. The molecule has 2 aromatic carbocycles. The number of likely N-dealkylation sites (tertiary alicyclic amines) is 1. The Balaban J connectivity index is 1.80. The van der Waals surface area contributed by atoms with Gasteiger partial charge >= 0.3 is 0 Å². The lowest BCUT2D eigenvalue weighted by Crippen LogP contribution is -2.30. The van der Waals surface area contributed by atoms with Gasteiger partial charge in [-0.2, -0.15) is 0 Å². The average Bonchev–Trinajstić information content (AvgIpc) is 3.08. The summed E-state index contributed by atoms with van der Waals surface area (Å²) in [6, 6.07) is 12.2.